The van der Waals surface area contributed by atoms with Crippen LogP contribution in [0, 0.1) is 5.92 Å². The number of hydrogen-bond donors (Lipinski definition) is 0. The molecule has 0 amide bonds. The molecular formula is C50H57Cl2SiZr. The van der Waals surface area contributed by atoms with E-state index >= 15 is 0 Å². The van der Waals surface area contributed by atoms with Crippen molar-refractivity contribution in [2.45, 2.75) is 93.5 Å². The zero-order valence-corrected chi connectivity index (χ0v) is 39.2. The van der Waals surface area contributed by atoms with Crippen molar-refractivity contribution in [2.75, 3.05) is 0 Å². The van der Waals surface area contributed by atoms with Crippen LogP contribution in [0.4, 0.5) is 0 Å². The first kappa shape index (κ1) is 39.5. The van der Waals surface area contributed by atoms with Crippen LogP contribution >= 0.6 is 17.0 Å². The van der Waals surface area contributed by atoms with Gasteiger partial charge < -0.3 is 0 Å². The Morgan fingerprint density at radius 2 is 1.09 bits per heavy atom. The van der Waals surface area contributed by atoms with E-state index in [2.05, 4.69) is 197 Å². The number of allylic oxidation sites excluding steroid dienone is 2. The van der Waals surface area contributed by atoms with Crippen molar-refractivity contribution >= 4 is 35.1 Å². The third kappa shape index (κ3) is 6.66. The van der Waals surface area contributed by atoms with Gasteiger partial charge in [0.25, 0.3) is 0 Å². The van der Waals surface area contributed by atoms with Crippen LogP contribution in [0.5, 0.6) is 0 Å². The Morgan fingerprint density at radius 1 is 0.556 bits per heavy atom. The molecule has 0 saturated heterocycles. The van der Waals surface area contributed by atoms with Gasteiger partial charge in [0.1, 0.15) is 0 Å². The molecule has 0 radical (unpaired) electrons. The molecule has 0 aliphatic heterocycles. The van der Waals surface area contributed by atoms with Gasteiger partial charge in [-0.15, -0.1) is 0 Å². The van der Waals surface area contributed by atoms with Crippen molar-refractivity contribution in [3.8, 4) is 33.4 Å². The van der Waals surface area contributed by atoms with E-state index in [4.69, 9.17) is 17.0 Å². The van der Waals surface area contributed by atoms with E-state index in [-0.39, 0.29) is 18.1 Å². The summed E-state index contributed by atoms with van der Waals surface area (Å²) in [5.41, 5.74) is 18.3. The van der Waals surface area contributed by atoms with Gasteiger partial charge in [-0.05, 0) is 0 Å². The average molecular weight is 848 g/mol. The Bertz CT molecular complexity index is 2280. The predicted molar refractivity (Wildman–Crippen MR) is 239 cm³/mol. The van der Waals surface area contributed by atoms with E-state index in [1.807, 2.05) is 0 Å². The molecular weight excluding hydrogens is 791 g/mol. The van der Waals surface area contributed by atoms with E-state index in [0.717, 1.165) is 0 Å². The molecule has 0 spiro atoms. The molecule has 2 aliphatic carbocycles. The summed E-state index contributed by atoms with van der Waals surface area (Å²) in [6.45, 7) is 25.6. The fraction of sp³-hybridized carbons (Fsp3) is 0.320. The summed E-state index contributed by atoms with van der Waals surface area (Å²) in [5.74, 6) is -1.40. The molecule has 5 aromatic rings. The van der Waals surface area contributed by atoms with Gasteiger partial charge in [0.15, 0.2) is 0 Å². The molecule has 2 aliphatic rings. The summed E-state index contributed by atoms with van der Waals surface area (Å²) < 4.78 is 0.0555. The van der Waals surface area contributed by atoms with Crippen LogP contribution in [0.15, 0.2) is 120 Å². The predicted octanol–water partition coefficient (Wildman–Crippen LogP) is 15.5. The molecule has 0 bridgehead atoms. The van der Waals surface area contributed by atoms with Gasteiger partial charge >= 0.3 is 337 Å². The monoisotopic (exact) mass is 845 g/mol. The summed E-state index contributed by atoms with van der Waals surface area (Å²) in [6, 6.07) is 41.0. The topological polar surface area (TPSA) is 0 Å². The van der Waals surface area contributed by atoms with Crippen LogP contribution in [0.1, 0.15) is 103 Å². The molecule has 0 aromatic heterocycles. The fourth-order valence-corrected chi connectivity index (χ4v) is 41.5. The normalized spacial score (nSPS) is 17.9. The Balaban J connectivity index is 1.48. The first-order chi connectivity index (χ1) is 25.3. The summed E-state index contributed by atoms with van der Waals surface area (Å²) in [6.07, 6.45) is 4.93. The van der Waals surface area contributed by atoms with E-state index < -0.39 is 21.5 Å². The number of fused-ring (bicyclic) bond motifs is 2. The molecule has 54 heavy (non-hydrogen) atoms. The van der Waals surface area contributed by atoms with Crippen molar-refractivity contribution in [3.05, 3.63) is 154 Å². The van der Waals surface area contributed by atoms with Crippen LogP contribution in [0.2, 0.25) is 13.1 Å². The summed E-state index contributed by atoms with van der Waals surface area (Å²) in [4.78, 5) is 0. The van der Waals surface area contributed by atoms with E-state index in [1.54, 1.807) is 0 Å². The van der Waals surface area contributed by atoms with E-state index in [9.17, 15) is 0 Å². The van der Waals surface area contributed by atoms with Crippen LogP contribution in [-0.4, -0.2) is 5.92 Å². The molecule has 0 heterocycles. The maximum absolute atomic E-state index is 8.82. The Hall–Kier alpha value is -2.74. The van der Waals surface area contributed by atoms with Crippen molar-refractivity contribution in [1.29, 1.82) is 0 Å². The van der Waals surface area contributed by atoms with Crippen LogP contribution < -0.4 is 0 Å². The summed E-state index contributed by atoms with van der Waals surface area (Å²) in [5, 5.41) is 0. The maximum atomic E-state index is 8.82. The molecule has 5 aromatic carbocycles. The van der Waals surface area contributed by atoms with Crippen molar-refractivity contribution in [1.82, 2.24) is 0 Å². The zero-order valence-electron chi connectivity index (χ0n) is 34.1. The Kier molecular flexibility index (Phi) is 10.3. The SMILES string of the molecule is CC1=Cc2c(-c3ccc(C(C)(C)C)cc3)cc(-c3ccc(C(C)(C)C)cc3)cc2[CH]1[Zr]([Cl])([Cl])([CH]1C(C(C)C)=Cc2c(-c3ccccc3)cccc21)[SiH](C)C. The Morgan fingerprint density at radius 3 is 1.63 bits per heavy atom. The van der Waals surface area contributed by atoms with Gasteiger partial charge in [-0.25, -0.2) is 0 Å². The van der Waals surface area contributed by atoms with Gasteiger partial charge in [-0.2, -0.15) is 0 Å². The summed E-state index contributed by atoms with van der Waals surface area (Å²) in [7, 11) is 17.6. The van der Waals surface area contributed by atoms with E-state index in [0.29, 0.717) is 5.92 Å². The third-order valence-electron chi connectivity index (χ3n) is 12.5. The average Bonchev–Trinajstić information content (AvgIpc) is 3.70. The molecule has 2 atom stereocenters. The zero-order chi connectivity index (χ0) is 39.0. The van der Waals surface area contributed by atoms with Crippen LogP contribution in [0.25, 0.3) is 45.5 Å². The van der Waals surface area contributed by atoms with Crippen LogP contribution in [0.3, 0.4) is 0 Å². The van der Waals surface area contributed by atoms with E-state index in [1.165, 1.54) is 77.9 Å². The number of hydrogen-bond acceptors (Lipinski definition) is 0. The summed E-state index contributed by atoms with van der Waals surface area (Å²) >= 11 is -4.98. The number of benzene rings is 5. The van der Waals surface area contributed by atoms with Gasteiger partial charge in [0.05, 0.1) is 0 Å². The molecule has 279 valence electrons. The quantitative estimate of drug-likeness (QED) is 0.143. The number of rotatable bonds is 7. The first-order valence-corrected chi connectivity index (χ1v) is 36.2. The molecule has 0 fully saturated rings. The second-order valence-corrected chi connectivity index (χ2v) is 61.3. The van der Waals surface area contributed by atoms with Gasteiger partial charge in [0, 0.05) is 0 Å². The van der Waals surface area contributed by atoms with Gasteiger partial charge in [0.2, 0.25) is 0 Å². The Labute approximate surface area is 334 Å². The minimum atomic E-state index is -4.98. The van der Waals surface area contributed by atoms with Crippen molar-refractivity contribution < 1.29 is 15.6 Å². The molecule has 2 unspecified atom stereocenters. The standard InChI is InChI=1S/C30H33.C18H17.C2H7Si.2ClH.Zr/c1-20-16-24-18-23(21-8-12-25(13-9-21)29(2,3)4)19-28(27(24)17-20)22-10-14-26(15-11-22)30(5,6)7;1-13(2)16-11-15-9-6-10-17(18(15)12-16)14-7-4-3-5-8-14;1-3-2;;;/h8-19H,1-7H3;3-13H,1-2H3;3H,1-2H3;2*1H;/q;;;;;+2/p-2. The third-order valence-corrected chi connectivity index (χ3v) is 64.5. The van der Waals surface area contributed by atoms with Crippen molar-refractivity contribution in [3.63, 3.8) is 0 Å². The fourth-order valence-electron chi connectivity index (χ4n) is 9.33. The minimum absolute atomic E-state index is 0.0105. The molecule has 0 N–H and O–H groups in total. The number of halogens is 2. The molecule has 4 heteroatoms. The molecule has 0 nitrogen and oxygen atoms in total. The second-order valence-electron chi connectivity index (χ2n) is 18.8. The van der Waals surface area contributed by atoms with Gasteiger partial charge in [-0.3, -0.25) is 0 Å². The second kappa shape index (κ2) is 14.0. The first-order valence-electron chi connectivity index (χ1n) is 19.9. The van der Waals surface area contributed by atoms with Crippen LogP contribution in [-0.2, 0) is 26.4 Å². The molecule has 7 rings (SSSR count). The molecule has 0 saturated carbocycles. The van der Waals surface area contributed by atoms with Gasteiger partial charge in [-0.1, -0.05) is 0 Å². The van der Waals surface area contributed by atoms with Crippen molar-refractivity contribution in [2.24, 2.45) is 5.92 Å².